The highest BCUT2D eigenvalue weighted by Gasteiger charge is 2.29. The lowest BCUT2D eigenvalue weighted by atomic mass is 9.81. The maximum atomic E-state index is 9.50. The van der Waals surface area contributed by atoms with Crippen molar-refractivity contribution in [3.8, 4) is 5.75 Å². The van der Waals surface area contributed by atoms with Crippen LogP contribution < -0.4 is 10.5 Å². The van der Waals surface area contributed by atoms with E-state index in [1.54, 1.807) is 0 Å². The van der Waals surface area contributed by atoms with Crippen LogP contribution in [0.25, 0.3) is 0 Å². The van der Waals surface area contributed by atoms with E-state index in [4.69, 9.17) is 10.5 Å². The number of para-hydroxylation sites is 1. The number of hydrogen-bond donors (Lipinski definition) is 2. The van der Waals surface area contributed by atoms with E-state index < -0.39 is 5.41 Å². The van der Waals surface area contributed by atoms with Gasteiger partial charge in [-0.15, -0.1) is 12.4 Å². The number of rotatable bonds is 6. The van der Waals surface area contributed by atoms with Gasteiger partial charge in [0.25, 0.3) is 0 Å². The van der Waals surface area contributed by atoms with Crippen LogP contribution in [0.2, 0.25) is 0 Å². The third-order valence-electron chi connectivity index (χ3n) is 3.74. The molecule has 22 heavy (non-hydrogen) atoms. The van der Waals surface area contributed by atoms with Crippen molar-refractivity contribution in [2.24, 2.45) is 11.1 Å². The molecule has 2 aromatic carbocycles. The molecule has 0 bridgehead atoms. The zero-order valence-corrected chi connectivity index (χ0v) is 13.8. The van der Waals surface area contributed by atoms with E-state index in [0.29, 0.717) is 6.61 Å². The lowest BCUT2D eigenvalue weighted by Crippen LogP contribution is -2.32. The van der Waals surface area contributed by atoms with E-state index in [1.165, 1.54) is 0 Å². The first-order valence-electron chi connectivity index (χ1n) is 7.16. The van der Waals surface area contributed by atoms with Crippen molar-refractivity contribution in [3.63, 3.8) is 0 Å². The topological polar surface area (TPSA) is 55.5 Å². The van der Waals surface area contributed by atoms with Crippen LogP contribution in [0.5, 0.6) is 5.75 Å². The van der Waals surface area contributed by atoms with Crippen molar-refractivity contribution in [1.29, 1.82) is 0 Å². The van der Waals surface area contributed by atoms with E-state index in [9.17, 15) is 5.11 Å². The van der Waals surface area contributed by atoms with Crippen molar-refractivity contribution >= 4 is 12.4 Å². The lowest BCUT2D eigenvalue weighted by molar-refractivity contribution is 0.130. The Balaban J connectivity index is 0.00000242. The summed E-state index contributed by atoms with van der Waals surface area (Å²) in [4.78, 5) is 0. The Morgan fingerprint density at radius 3 is 2.27 bits per heavy atom. The van der Waals surface area contributed by atoms with Gasteiger partial charge in [-0.1, -0.05) is 62.4 Å². The minimum Gasteiger partial charge on any atom is -0.489 e. The number of halogens is 1. The Morgan fingerprint density at radius 2 is 1.64 bits per heavy atom. The standard InChI is InChI=1S/C18H23NO2.ClH/c1-18(2,13-20)17(19)15-10-6-7-11-16(15)21-12-14-8-4-3-5-9-14;/h3-11,17,20H,12-13,19H2,1-2H3;1H/t17-;/m1./s1. The Kier molecular flexibility index (Phi) is 6.88. The van der Waals surface area contributed by atoms with Gasteiger partial charge in [-0.05, 0) is 11.6 Å². The van der Waals surface area contributed by atoms with Gasteiger partial charge in [0.05, 0.1) is 0 Å². The van der Waals surface area contributed by atoms with Crippen LogP contribution in [0, 0.1) is 5.41 Å². The summed E-state index contributed by atoms with van der Waals surface area (Å²) in [7, 11) is 0. The van der Waals surface area contributed by atoms with Crippen molar-refractivity contribution < 1.29 is 9.84 Å². The molecular weight excluding hydrogens is 298 g/mol. The maximum absolute atomic E-state index is 9.50. The molecule has 0 fully saturated rings. The third kappa shape index (κ3) is 4.47. The average Bonchev–Trinajstić information content (AvgIpc) is 2.53. The number of ether oxygens (including phenoxy) is 1. The Morgan fingerprint density at radius 1 is 1.05 bits per heavy atom. The molecule has 0 aliphatic carbocycles. The van der Waals surface area contributed by atoms with Crippen molar-refractivity contribution in [3.05, 3.63) is 65.7 Å². The van der Waals surface area contributed by atoms with Gasteiger partial charge in [-0.3, -0.25) is 0 Å². The van der Waals surface area contributed by atoms with Crippen molar-refractivity contribution in [1.82, 2.24) is 0 Å². The molecule has 120 valence electrons. The van der Waals surface area contributed by atoms with E-state index in [1.807, 2.05) is 68.4 Å². The molecule has 0 aliphatic heterocycles. The molecular formula is C18H24ClNO2. The monoisotopic (exact) mass is 321 g/mol. The fourth-order valence-electron chi connectivity index (χ4n) is 2.12. The second-order valence-corrected chi connectivity index (χ2v) is 5.94. The van der Waals surface area contributed by atoms with E-state index in [-0.39, 0.29) is 25.1 Å². The summed E-state index contributed by atoms with van der Waals surface area (Å²) in [5.74, 6) is 0.773. The molecule has 3 nitrogen and oxygen atoms in total. The van der Waals surface area contributed by atoms with E-state index >= 15 is 0 Å². The summed E-state index contributed by atoms with van der Waals surface area (Å²) in [6, 6.07) is 17.5. The highest BCUT2D eigenvalue weighted by atomic mass is 35.5. The molecule has 2 rings (SSSR count). The average molecular weight is 322 g/mol. The summed E-state index contributed by atoms with van der Waals surface area (Å²) in [6.07, 6.45) is 0. The predicted molar refractivity (Wildman–Crippen MR) is 92.3 cm³/mol. The molecule has 0 saturated heterocycles. The molecule has 0 radical (unpaired) electrons. The summed E-state index contributed by atoms with van der Waals surface area (Å²) in [5.41, 5.74) is 7.95. The SMILES string of the molecule is CC(C)(CO)[C@H](N)c1ccccc1OCc1ccccc1.Cl. The number of aliphatic hydroxyl groups is 1. The van der Waals surface area contributed by atoms with Crippen LogP contribution in [0.3, 0.4) is 0 Å². The number of hydrogen-bond acceptors (Lipinski definition) is 3. The molecule has 0 heterocycles. The fourth-order valence-corrected chi connectivity index (χ4v) is 2.12. The van der Waals surface area contributed by atoms with E-state index in [0.717, 1.165) is 16.9 Å². The fraction of sp³-hybridized carbons (Fsp3) is 0.333. The summed E-state index contributed by atoms with van der Waals surface area (Å²) >= 11 is 0. The normalized spacial score (nSPS) is 12.4. The quantitative estimate of drug-likeness (QED) is 0.853. The van der Waals surface area contributed by atoms with Crippen LogP contribution in [0.4, 0.5) is 0 Å². The Labute approximate surface area is 138 Å². The van der Waals surface area contributed by atoms with Gasteiger partial charge < -0.3 is 15.6 Å². The highest BCUT2D eigenvalue weighted by molar-refractivity contribution is 5.85. The molecule has 0 aromatic heterocycles. The Bertz CT molecular complexity index is 572. The van der Waals surface area contributed by atoms with Gasteiger partial charge in [0.1, 0.15) is 12.4 Å². The van der Waals surface area contributed by atoms with Crippen LogP contribution >= 0.6 is 12.4 Å². The zero-order chi connectivity index (χ0) is 15.3. The molecule has 0 spiro atoms. The van der Waals surface area contributed by atoms with Crippen LogP contribution in [0.1, 0.15) is 31.0 Å². The molecule has 4 heteroatoms. The first-order valence-corrected chi connectivity index (χ1v) is 7.16. The van der Waals surface area contributed by atoms with E-state index in [2.05, 4.69) is 0 Å². The van der Waals surface area contributed by atoms with Gasteiger partial charge in [-0.25, -0.2) is 0 Å². The summed E-state index contributed by atoms with van der Waals surface area (Å²) in [5, 5.41) is 9.50. The second-order valence-electron chi connectivity index (χ2n) is 5.94. The zero-order valence-electron chi connectivity index (χ0n) is 13.0. The smallest absolute Gasteiger partial charge is 0.124 e. The predicted octanol–water partition coefficient (Wildman–Crippen LogP) is 3.71. The second kappa shape index (κ2) is 8.18. The molecule has 0 unspecified atom stereocenters. The maximum Gasteiger partial charge on any atom is 0.124 e. The first kappa shape index (κ1) is 18.5. The van der Waals surface area contributed by atoms with Gasteiger partial charge >= 0.3 is 0 Å². The molecule has 3 N–H and O–H groups in total. The highest BCUT2D eigenvalue weighted by Crippen LogP contribution is 2.35. The Hall–Kier alpha value is -1.55. The van der Waals surface area contributed by atoms with Crippen molar-refractivity contribution in [2.45, 2.75) is 26.5 Å². The largest absolute Gasteiger partial charge is 0.489 e. The molecule has 0 aliphatic rings. The van der Waals surface area contributed by atoms with Gasteiger partial charge in [0.2, 0.25) is 0 Å². The molecule has 0 amide bonds. The lowest BCUT2D eigenvalue weighted by Gasteiger charge is -2.30. The minimum atomic E-state index is -0.397. The summed E-state index contributed by atoms with van der Waals surface area (Å²) in [6.45, 7) is 4.43. The number of benzene rings is 2. The van der Waals surface area contributed by atoms with Crippen LogP contribution in [-0.4, -0.2) is 11.7 Å². The molecule has 1 atom stereocenters. The van der Waals surface area contributed by atoms with Gasteiger partial charge in [-0.2, -0.15) is 0 Å². The van der Waals surface area contributed by atoms with Gasteiger partial charge in [0, 0.05) is 23.6 Å². The third-order valence-corrected chi connectivity index (χ3v) is 3.74. The first-order chi connectivity index (χ1) is 10.0. The van der Waals surface area contributed by atoms with Gasteiger partial charge in [0.15, 0.2) is 0 Å². The van der Waals surface area contributed by atoms with Crippen LogP contribution in [0.15, 0.2) is 54.6 Å². The molecule has 2 aromatic rings. The molecule has 0 saturated carbocycles. The minimum absolute atomic E-state index is 0. The van der Waals surface area contributed by atoms with Crippen molar-refractivity contribution in [2.75, 3.05) is 6.61 Å². The number of aliphatic hydroxyl groups excluding tert-OH is 1. The number of nitrogens with two attached hydrogens (primary N) is 1. The summed E-state index contributed by atoms with van der Waals surface area (Å²) < 4.78 is 5.92. The van der Waals surface area contributed by atoms with Crippen LogP contribution in [-0.2, 0) is 6.61 Å².